The minimum Gasteiger partial charge on any atom is -0.650 e. The van der Waals surface area contributed by atoms with E-state index in [4.69, 9.17) is 14.0 Å². The number of hydrogen-bond acceptors (Lipinski definition) is 10. The van der Waals surface area contributed by atoms with Crippen LogP contribution in [0.4, 0.5) is 0 Å². The van der Waals surface area contributed by atoms with Crippen LogP contribution in [0, 0.1) is 5.92 Å². The third-order valence-electron chi connectivity index (χ3n) is 6.73. The van der Waals surface area contributed by atoms with E-state index in [1.165, 1.54) is 20.1 Å². The molecule has 0 aliphatic carbocycles. The van der Waals surface area contributed by atoms with Gasteiger partial charge in [-0.25, -0.2) is 4.98 Å². The molecule has 4 rings (SSSR count). The van der Waals surface area contributed by atoms with E-state index >= 15 is 0 Å². The number of methoxy groups -OCH3 is 1. The Morgan fingerprint density at radius 3 is 2.46 bits per heavy atom. The van der Waals surface area contributed by atoms with Gasteiger partial charge in [0, 0.05) is 5.56 Å². The highest BCUT2D eigenvalue weighted by Gasteiger charge is 2.60. The van der Waals surface area contributed by atoms with Gasteiger partial charge in [0.25, 0.3) is 11.9 Å². The fourth-order valence-electron chi connectivity index (χ4n) is 4.86. The van der Waals surface area contributed by atoms with Crippen LogP contribution in [-0.4, -0.2) is 77.9 Å². The zero-order valence-corrected chi connectivity index (χ0v) is 22.1. The molecule has 0 saturated carbocycles. The molecule has 2 aromatic rings. The average molecular weight is 539 g/mol. The lowest BCUT2D eigenvalue weighted by atomic mass is 9.60. The third kappa shape index (κ3) is 5.95. The molecule has 1 aromatic heterocycles. The molecular weight excluding hydrogens is 507 g/mol. The van der Waals surface area contributed by atoms with Gasteiger partial charge in [-0.3, -0.25) is 19.2 Å². The van der Waals surface area contributed by atoms with Gasteiger partial charge in [-0.05, 0) is 30.9 Å². The van der Waals surface area contributed by atoms with Crippen molar-refractivity contribution in [2.75, 3.05) is 7.11 Å². The van der Waals surface area contributed by atoms with E-state index in [0.29, 0.717) is 12.1 Å². The number of nitrogens with one attached hydrogen (secondary N) is 3. The molecule has 4 N–H and O–H groups in total. The predicted molar refractivity (Wildman–Crippen MR) is 140 cm³/mol. The first-order valence-corrected chi connectivity index (χ1v) is 12.8. The fourth-order valence-corrected chi connectivity index (χ4v) is 4.86. The van der Waals surface area contributed by atoms with Gasteiger partial charge in [0.05, 0.1) is 18.9 Å². The Labute approximate surface area is 225 Å². The Morgan fingerprint density at radius 1 is 1.10 bits per heavy atom. The number of aliphatic hydroxyl groups is 1. The molecule has 2 saturated heterocycles. The van der Waals surface area contributed by atoms with Crippen LogP contribution in [-0.2, 0) is 28.4 Å². The molecule has 3 heterocycles. The maximum Gasteiger partial charge on any atom is 0.394 e. The van der Waals surface area contributed by atoms with Crippen molar-refractivity contribution in [1.82, 2.24) is 20.8 Å². The minimum atomic E-state index is -2.65. The van der Waals surface area contributed by atoms with Crippen molar-refractivity contribution < 1.29 is 38.3 Å². The topological polar surface area (TPSA) is 165 Å². The molecule has 0 spiro atoms. The Kier molecular flexibility index (Phi) is 8.33. The molecule has 2 unspecified atom stereocenters. The molecular formula is C26H32BN4O8-. The van der Waals surface area contributed by atoms with Crippen molar-refractivity contribution in [2.45, 2.75) is 57.4 Å². The summed E-state index contributed by atoms with van der Waals surface area (Å²) in [6, 6.07) is 11.8. The first kappa shape index (κ1) is 28.2. The number of esters is 1. The van der Waals surface area contributed by atoms with Crippen molar-refractivity contribution in [2.24, 2.45) is 5.92 Å². The number of benzene rings is 1. The zero-order valence-electron chi connectivity index (χ0n) is 22.1. The summed E-state index contributed by atoms with van der Waals surface area (Å²) in [5, 5.41) is 18.6. The van der Waals surface area contributed by atoms with Crippen LogP contribution < -0.4 is 15.9 Å². The molecule has 39 heavy (non-hydrogen) atoms. The van der Waals surface area contributed by atoms with E-state index in [9.17, 15) is 24.3 Å². The van der Waals surface area contributed by atoms with Gasteiger partial charge in [-0.2, -0.15) is 0 Å². The molecule has 2 aliphatic rings. The van der Waals surface area contributed by atoms with E-state index in [1.807, 2.05) is 44.2 Å². The van der Waals surface area contributed by atoms with Crippen LogP contribution in [0.1, 0.15) is 37.7 Å². The number of carbonyl (C=O) groups excluding carboxylic acids is 4. The molecule has 1 aromatic carbocycles. The Bertz CT molecular complexity index is 1240. The van der Waals surface area contributed by atoms with Gasteiger partial charge in [-0.1, -0.05) is 56.7 Å². The van der Waals surface area contributed by atoms with Crippen molar-refractivity contribution in [1.29, 1.82) is 0 Å². The molecule has 2 fully saturated rings. The van der Waals surface area contributed by atoms with Crippen LogP contribution in [0.15, 0.2) is 48.5 Å². The lowest BCUT2D eigenvalue weighted by molar-refractivity contribution is -0.150. The van der Waals surface area contributed by atoms with Gasteiger partial charge in [0.2, 0.25) is 5.91 Å². The third-order valence-corrected chi connectivity index (χ3v) is 6.73. The summed E-state index contributed by atoms with van der Waals surface area (Å²) in [5.41, 5.74) is 1.45. The molecule has 2 aliphatic heterocycles. The predicted octanol–water partition coefficient (Wildman–Crippen LogP) is 0.324. The highest BCUT2D eigenvalue weighted by molar-refractivity contribution is 6.71. The zero-order chi connectivity index (χ0) is 28.3. The normalized spacial score (nSPS) is 24.0. The molecule has 208 valence electrons. The number of aromatic nitrogens is 1. The number of rotatable bonds is 10. The second-order valence-corrected chi connectivity index (χ2v) is 10.1. The monoisotopic (exact) mass is 539 g/mol. The molecule has 12 nitrogen and oxygen atoms in total. The lowest BCUT2D eigenvalue weighted by Gasteiger charge is -2.42. The molecule has 2 bridgehead atoms. The summed E-state index contributed by atoms with van der Waals surface area (Å²) in [6.45, 7) is 2.51. The first-order chi connectivity index (χ1) is 18.5. The summed E-state index contributed by atoms with van der Waals surface area (Å²) in [7, 11) is 1.19. The fraction of sp³-hybridized carbons (Fsp3) is 0.423. The average Bonchev–Trinajstić information content (AvgIpc) is 3.47. The molecule has 13 heteroatoms. The van der Waals surface area contributed by atoms with E-state index in [0.717, 1.165) is 5.56 Å². The SMILES string of the molecule is COC(=O)[C@@H]1N[B-]2(C(CC(C)C)NC(=O)[C@@H](NC(=O)c3cccc(-c4ccccc4)n3)[C@@H](C)O)OC(=O)[C@@H]1O2. The maximum atomic E-state index is 13.4. The van der Waals surface area contributed by atoms with Crippen molar-refractivity contribution in [3.05, 3.63) is 54.2 Å². The molecule has 0 radical (unpaired) electrons. The maximum absolute atomic E-state index is 13.4. The highest BCUT2D eigenvalue weighted by atomic mass is 16.7. The standard InChI is InChI=1S/C26H32BN4O8/c1-14(2)13-19(27-31-21(25(35)37-4)22(38-27)26(36)39-27)29-24(34)20(15(3)32)30-23(33)18-12-8-11-17(28-18)16-9-6-5-7-10-16/h5-12,14-15,19-22,31-32H,13H2,1-4H3,(H,29,34)(H,30,33)/q-1/t15-,19?,20+,21-,22-,27?/m1/s1. The quantitative estimate of drug-likeness (QED) is 0.244. The van der Waals surface area contributed by atoms with E-state index in [1.54, 1.807) is 12.1 Å². The number of aliphatic hydroxyl groups excluding tert-OH is 1. The van der Waals surface area contributed by atoms with Crippen molar-refractivity contribution >= 4 is 30.4 Å². The van der Waals surface area contributed by atoms with Crippen LogP contribution in [0.25, 0.3) is 11.3 Å². The first-order valence-electron chi connectivity index (χ1n) is 12.8. The number of pyridine rings is 1. The van der Waals surface area contributed by atoms with Crippen molar-refractivity contribution in [3.63, 3.8) is 0 Å². The van der Waals surface area contributed by atoms with Crippen LogP contribution in [0.3, 0.4) is 0 Å². The number of amides is 2. The second kappa shape index (κ2) is 11.5. The van der Waals surface area contributed by atoms with Crippen LogP contribution in [0.5, 0.6) is 0 Å². The minimum absolute atomic E-state index is 0.0106. The Morgan fingerprint density at radius 2 is 1.82 bits per heavy atom. The van der Waals surface area contributed by atoms with Crippen LogP contribution in [0.2, 0.25) is 0 Å². The highest BCUT2D eigenvalue weighted by Crippen LogP contribution is 2.33. The van der Waals surface area contributed by atoms with E-state index in [-0.39, 0.29) is 11.6 Å². The van der Waals surface area contributed by atoms with Gasteiger partial charge in [0.1, 0.15) is 23.9 Å². The summed E-state index contributed by atoms with van der Waals surface area (Å²) >= 11 is 0. The van der Waals surface area contributed by atoms with E-state index in [2.05, 4.69) is 20.8 Å². The van der Waals surface area contributed by atoms with Gasteiger partial charge in [-0.15, -0.1) is 0 Å². The lowest BCUT2D eigenvalue weighted by Crippen LogP contribution is -2.70. The Hall–Kier alpha value is -3.81. The van der Waals surface area contributed by atoms with E-state index < -0.39 is 60.7 Å². The summed E-state index contributed by atoms with van der Waals surface area (Å²) in [4.78, 5) is 55.5. The van der Waals surface area contributed by atoms with Crippen molar-refractivity contribution in [3.8, 4) is 11.3 Å². The van der Waals surface area contributed by atoms with Gasteiger partial charge < -0.3 is 35.0 Å². The summed E-state index contributed by atoms with van der Waals surface area (Å²) in [5.74, 6) is -3.72. The largest absolute Gasteiger partial charge is 0.650 e. The molecule has 6 atom stereocenters. The number of carbonyl (C=O) groups is 4. The molecule has 2 amide bonds. The Balaban J connectivity index is 1.52. The van der Waals surface area contributed by atoms with Gasteiger partial charge in [0.15, 0.2) is 0 Å². The summed E-state index contributed by atoms with van der Waals surface area (Å²) < 4.78 is 16.1. The number of nitrogens with zero attached hydrogens (tertiary/aromatic N) is 1. The van der Waals surface area contributed by atoms with Gasteiger partial charge >= 0.3 is 12.7 Å². The number of fused-ring (bicyclic) bond motifs is 2. The number of hydrogen-bond donors (Lipinski definition) is 4. The smallest absolute Gasteiger partial charge is 0.394 e. The second-order valence-electron chi connectivity index (χ2n) is 10.1. The number of ether oxygens (including phenoxy) is 1. The summed E-state index contributed by atoms with van der Waals surface area (Å²) in [6.07, 6.45) is -2.19. The van der Waals surface area contributed by atoms with Crippen LogP contribution >= 0.6 is 0 Å².